The number of carbonyl (C=O) groups excluding carboxylic acids is 1. The largest absolute Gasteiger partial charge is 0.481 e. The second kappa shape index (κ2) is 4.85. The number of hydrogen-bond acceptors (Lipinski definition) is 2. The van der Waals surface area contributed by atoms with E-state index in [1.54, 1.807) is 0 Å². The Labute approximate surface area is 96.4 Å². The minimum atomic E-state index is -0.684. The van der Waals surface area contributed by atoms with Crippen molar-refractivity contribution < 1.29 is 14.7 Å². The molecule has 0 bridgehead atoms. The van der Waals surface area contributed by atoms with Crippen molar-refractivity contribution in [3.8, 4) is 0 Å². The molecule has 0 aliphatic heterocycles. The normalized spacial score (nSPS) is 26.2. The summed E-state index contributed by atoms with van der Waals surface area (Å²) in [5, 5.41) is 11.8. The van der Waals surface area contributed by atoms with Gasteiger partial charge in [-0.25, -0.2) is 0 Å². The Balaban J connectivity index is 2.52. The summed E-state index contributed by atoms with van der Waals surface area (Å²) in [6.07, 6.45) is 3.21. The molecule has 0 spiro atoms. The van der Waals surface area contributed by atoms with Gasteiger partial charge in [0.15, 0.2) is 0 Å². The molecule has 0 radical (unpaired) electrons. The molecule has 0 unspecified atom stereocenters. The molecule has 1 rings (SSSR count). The van der Waals surface area contributed by atoms with E-state index in [2.05, 4.69) is 5.32 Å². The SMILES string of the molecule is CC(=O)NC(C)(C)C1CCC(C(=O)O)CC1. The van der Waals surface area contributed by atoms with Crippen LogP contribution in [-0.4, -0.2) is 22.5 Å². The first kappa shape index (κ1) is 13.0. The fourth-order valence-corrected chi connectivity index (χ4v) is 2.62. The van der Waals surface area contributed by atoms with E-state index in [1.807, 2.05) is 13.8 Å². The molecule has 1 amide bonds. The lowest BCUT2D eigenvalue weighted by atomic mass is 9.73. The quantitative estimate of drug-likeness (QED) is 0.772. The van der Waals surface area contributed by atoms with E-state index in [0.29, 0.717) is 5.92 Å². The minimum Gasteiger partial charge on any atom is -0.481 e. The highest BCUT2D eigenvalue weighted by atomic mass is 16.4. The van der Waals surface area contributed by atoms with Crippen LogP contribution in [0, 0.1) is 11.8 Å². The molecule has 0 atom stereocenters. The van der Waals surface area contributed by atoms with Gasteiger partial charge in [-0.2, -0.15) is 0 Å². The first-order valence-electron chi connectivity index (χ1n) is 5.84. The number of carbonyl (C=O) groups is 2. The molecule has 1 aliphatic carbocycles. The van der Waals surface area contributed by atoms with E-state index in [1.165, 1.54) is 6.92 Å². The lowest BCUT2D eigenvalue weighted by Crippen LogP contribution is -2.49. The highest BCUT2D eigenvalue weighted by molar-refractivity contribution is 5.73. The molecular weight excluding hydrogens is 206 g/mol. The molecule has 4 nitrogen and oxygen atoms in total. The summed E-state index contributed by atoms with van der Waals surface area (Å²) in [5.41, 5.74) is -0.227. The van der Waals surface area contributed by atoms with E-state index < -0.39 is 5.97 Å². The van der Waals surface area contributed by atoms with Crippen LogP contribution in [0.5, 0.6) is 0 Å². The Kier molecular flexibility index (Phi) is 3.94. The van der Waals surface area contributed by atoms with Gasteiger partial charge in [0.1, 0.15) is 0 Å². The molecule has 0 saturated heterocycles. The average Bonchev–Trinajstić information content (AvgIpc) is 2.16. The molecule has 92 valence electrons. The van der Waals surface area contributed by atoms with Gasteiger partial charge in [-0.3, -0.25) is 9.59 Å². The maximum atomic E-state index is 11.1. The maximum Gasteiger partial charge on any atom is 0.306 e. The first-order valence-corrected chi connectivity index (χ1v) is 5.84. The lowest BCUT2D eigenvalue weighted by molar-refractivity contribution is -0.143. The summed E-state index contributed by atoms with van der Waals surface area (Å²) < 4.78 is 0. The molecule has 0 aromatic rings. The minimum absolute atomic E-state index is 0.0228. The predicted octanol–water partition coefficient (Wildman–Crippen LogP) is 1.79. The zero-order chi connectivity index (χ0) is 12.3. The van der Waals surface area contributed by atoms with Crippen LogP contribution in [0.1, 0.15) is 46.5 Å². The van der Waals surface area contributed by atoms with E-state index >= 15 is 0 Å². The number of rotatable bonds is 3. The molecule has 0 aromatic carbocycles. The number of hydrogen-bond donors (Lipinski definition) is 2. The molecule has 1 aliphatic rings. The molecule has 16 heavy (non-hydrogen) atoms. The molecule has 1 fully saturated rings. The fraction of sp³-hybridized carbons (Fsp3) is 0.833. The van der Waals surface area contributed by atoms with E-state index in [4.69, 9.17) is 5.11 Å². The van der Waals surface area contributed by atoms with Gasteiger partial charge in [-0.1, -0.05) is 0 Å². The van der Waals surface area contributed by atoms with Crippen molar-refractivity contribution in [2.75, 3.05) is 0 Å². The Bertz CT molecular complexity index is 278. The van der Waals surface area contributed by atoms with Gasteiger partial charge in [0.2, 0.25) is 5.91 Å². The number of amides is 1. The summed E-state index contributed by atoms with van der Waals surface area (Å²) in [6.45, 7) is 5.55. The Hall–Kier alpha value is -1.06. The third-order valence-electron chi connectivity index (χ3n) is 3.60. The second-order valence-corrected chi connectivity index (χ2v) is 5.29. The van der Waals surface area contributed by atoms with E-state index in [9.17, 15) is 9.59 Å². The van der Waals surface area contributed by atoms with Gasteiger partial charge in [-0.15, -0.1) is 0 Å². The highest BCUT2D eigenvalue weighted by Gasteiger charge is 2.35. The zero-order valence-electron chi connectivity index (χ0n) is 10.2. The molecule has 4 heteroatoms. The summed E-state index contributed by atoms with van der Waals surface area (Å²) >= 11 is 0. The lowest BCUT2D eigenvalue weighted by Gasteiger charge is -2.38. The van der Waals surface area contributed by atoms with Crippen LogP contribution in [0.3, 0.4) is 0 Å². The van der Waals surface area contributed by atoms with Crippen molar-refractivity contribution in [1.82, 2.24) is 5.32 Å². The van der Waals surface area contributed by atoms with Crippen LogP contribution >= 0.6 is 0 Å². The standard InChI is InChI=1S/C12H21NO3/c1-8(14)13-12(2,3)10-6-4-9(5-7-10)11(15)16/h9-10H,4-7H2,1-3H3,(H,13,14)(H,15,16). The Morgan fingerprint density at radius 2 is 1.69 bits per heavy atom. The van der Waals surface area contributed by atoms with E-state index in [0.717, 1.165) is 25.7 Å². The van der Waals surface area contributed by atoms with Crippen LogP contribution < -0.4 is 5.32 Å². The summed E-state index contributed by atoms with van der Waals surface area (Å²) in [6, 6.07) is 0. The fourth-order valence-electron chi connectivity index (χ4n) is 2.62. The van der Waals surface area contributed by atoms with Crippen LogP contribution in [0.25, 0.3) is 0 Å². The molecule has 1 saturated carbocycles. The van der Waals surface area contributed by atoms with Crippen LogP contribution in [0.2, 0.25) is 0 Å². The van der Waals surface area contributed by atoms with Crippen LogP contribution in [0.15, 0.2) is 0 Å². The summed E-state index contributed by atoms with van der Waals surface area (Å²) in [5.74, 6) is -0.516. The van der Waals surface area contributed by atoms with Gasteiger partial charge in [0, 0.05) is 12.5 Å². The van der Waals surface area contributed by atoms with Crippen molar-refractivity contribution in [2.24, 2.45) is 11.8 Å². The van der Waals surface area contributed by atoms with Crippen molar-refractivity contribution in [3.63, 3.8) is 0 Å². The van der Waals surface area contributed by atoms with Crippen molar-refractivity contribution in [1.29, 1.82) is 0 Å². The molecule has 2 N–H and O–H groups in total. The molecule has 0 heterocycles. The van der Waals surface area contributed by atoms with Gasteiger partial charge in [-0.05, 0) is 45.4 Å². The molecule has 0 aromatic heterocycles. The summed E-state index contributed by atoms with van der Waals surface area (Å²) in [7, 11) is 0. The van der Waals surface area contributed by atoms with Crippen LogP contribution in [-0.2, 0) is 9.59 Å². The smallest absolute Gasteiger partial charge is 0.306 e. The van der Waals surface area contributed by atoms with E-state index in [-0.39, 0.29) is 17.4 Å². The van der Waals surface area contributed by atoms with Gasteiger partial charge in [0.25, 0.3) is 0 Å². The Morgan fingerprint density at radius 3 is 2.06 bits per heavy atom. The number of carboxylic acid groups (broad SMARTS) is 1. The number of aliphatic carboxylic acids is 1. The van der Waals surface area contributed by atoms with Crippen molar-refractivity contribution >= 4 is 11.9 Å². The van der Waals surface area contributed by atoms with Gasteiger partial charge in [0.05, 0.1) is 5.92 Å². The highest BCUT2D eigenvalue weighted by Crippen LogP contribution is 2.35. The topological polar surface area (TPSA) is 66.4 Å². The molecular formula is C12H21NO3. The second-order valence-electron chi connectivity index (χ2n) is 5.29. The predicted molar refractivity (Wildman–Crippen MR) is 61.0 cm³/mol. The number of carboxylic acids is 1. The number of nitrogens with one attached hydrogen (secondary N) is 1. The zero-order valence-corrected chi connectivity index (χ0v) is 10.2. The van der Waals surface area contributed by atoms with Crippen LogP contribution in [0.4, 0.5) is 0 Å². The monoisotopic (exact) mass is 227 g/mol. The summed E-state index contributed by atoms with van der Waals surface area (Å²) in [4.78, 5) is 21.9. The third kappa shape index (κ3) is 3.22. The maximum absolute atomic E-state index is 11.1. The van der Waals surface area contributed by atoms with Gasteiger partial charge >= 0.3 is 5.97 Å². The first-order chi connectivity index (χ1) is 7.33. The van der Waals surface area contributed by atoms with Crippen molar-refractivity contribution in [3.05, 3.63) is 0 Å². The average molecular weight is 227 g/mol. The third-order valence-corrected chi connectivity index (χ3v) is 3.60. The Morgan fingerprint density at radius 1 is 1.19 bits per heavy atom. The van der Waals surface area contributed by atoms with Gasteiger partial charge < -0.3 is 10.4 Å². The van der Waals surface area contributed by atoms with Crippen molar-refractivity contribution in [2.45, 2.75) is 52.0 Å².